The molecule has 0 aromatic carbocycles. The van der Waals surface area contributed by atoms with Gasteiger partial charge in [-0.05, 0) is 71.1 Å². The smallest absolute Gasteiger partial charge is 0.323 e. The zero-order chi connectivity index (χ0) is 12.5. The fraction of sp³-hybridized carbons (Fsp3) is 0.923. The van der Waals surface area contributed by atoms with Gasteiger partial charge in [-0.1, -0.05) is 0 Å². The Morgan fingerprint density at radius 3 is 2.59 bits per heavy atom. The maximum Gasteiger partial charge on any atom is 0.323 e. The van der Waals surface area contributed by atoms with Crippen LogP contribution in [0.25, 0.3) is 0 Å². The van der Waals surface area contributed by atoms with E-state index in [0.29, 0.717) is 5.92 Å². The molecule has 2 heterocycles. The van der Waals surface area contributed by atoms with Crippen LogP contribution in [0.2, 0.25) is 0 Å². The third-order valence-electron chi connectivity index (χ3n) is 4.45. The van der Waals surface area contributed by atoms with E-state index < -0.39 is 11.5 Å². The number of nitrogens with one attached hydrogen (secondary N) is 1. The average molecular weight is 240 g/mol. The van der Waals surface area contributed by atoms with E-state index >= 15 is 0 Å². The van der Waals surface area contributed by atoms with Gasteiger partial charge >= 0.3 is 5.97 Å². The van der Waals surface area contributed by atoms with Gasteiger partial charge in [-0.15, -0.1) is 0 Å². The summed E-state index contributed by atoms with van der Waals surface area (Å²) in [6.45, 7) is 5.07. The molecule has 0 saturated carbocycles. The molecule has 4 heteroatoms. The molecule has 0 amide bonds. The molecular weight excluding hydrogens is 216 g/mol. The number of carbonyl (C=O) groups is 1. The molecule has 2 aliphatic rings. The summed E-state index contributed by atoms with van der Waals surface area (Å²) in [7, 11) is 2.18. The van der Waals surface area contributed by atoms with Crippen molar-refractivity contribution in [3.05, 3.63) is 0 Å². The zero-order valence-electron chi connectivity index (χ0n) is 10.9. The van der Waals surface area contributed by atoms with Crippen molar-refractivity contribution < 1.29 is 9.90 Å². The summed E-state index contributed by atoms with van der Waals surface area (Å²) in [5, 5.41) is 12.3. The molecule has 0 bridgehead atoms. The quantitative estimate of drug-likeness (QED) is 0.777. The van der Waals surface area contributed by atoms with E-state index in [4.69, 9.17) is 5.11 Å². The summed E-state index contributed by atoms with van der Waals surface area (Å²) >= 11 is 0. The minimum absolute atomic E-state index is 0.546. The molecule has 2 aliphatic heterocycles. The lowest BCUT2D eigenvalue weighted by atomic mass is 9.84. The van der Waals surface area contributed by atoms with E-state index in [9.17, 15) is 4.79 Å². The van der Waals surface area contributed by atoms with E-state index in [2.05, 4.69) is 17.3 Å². The molecule has 4 nitrogen and oxygen atoms in total. The number of rotatable bonds is 3. The summed E-state index contributed by atoms with van der Waals surface area (Å²) in [6, 6.07) is 0. The van der Waals surface area contributed by atoms with Gasteiger partial charge in [0.1, 0.15) is 5.54 Å². The van der Waals surface area contributed by atoms with Crippen LogP contribution in [-0.2, 0) is 4.79 Å². The van der Waals surface area contributed by atoms with Gasteiger partial charge in [0.25, 0.3) is 0 Å². The number of piperidine rings is 1. The van der Waals surface area contributed by atoms with Crippen LogP contribution in [0.4, 0.5) is 0 Å². The van der Waals surface area contributed by atoms with Crippen molar-refractivity contribution in [3.8, 4) is 0 Å². The molecule has 0 aromatic rings. The molecule has 0 spiro atoms. The Kier molecular flexibility index (Phi) is 3.73. The van der Waals surface area contributed by atoms with Crippen molar-refractivity contribution in [2.75, 3.05) is 26.7 Å². The third-order valence-corrected chi connectivity index (χ3v) is 4.45. The standard InChI is InChI=1S/C13H24N2O2/c1-13(12(16)17)8-11(9-14-13)7-10-3-5-15(2)6-4-10/h10-11,14H,3-9H2,1-2H3,(H,16,17). The summed E-state index contributed by atoms with van der Waals surface area (Å²) in [5.41, 5.74) is -0.684. The van der Waals surface area contributed by atoms with Crippen molar-refractivity contribution in [2.24, 2.45) is 11.8 Å². The number of hydrogen-bond acceptors (Lipinski definition) is 3. The van der Waals surface area contributed by atoms with Gasteiger partial charge in [-0.2, -0.15) is 0 Å². The van der Waals surface area contributed by atoms with Gasteiger partial charge in [-0.3, -0.25) is 4.79 Å². The van der Waals surface area contributed by atoms with Gasteiger partial charge in [0.05, 0.1) is 0 Å². The van der Waals surface area contributed by atoms with Gasteiger partial charge in [-0.25, -0.2) is 0 Å². The SMILES string of the molecule is CN1CCC(CC2CNC(C)(C(=O)O)C2)CC1. The van der Waals surface area contributed by atoms with E-state index in [1.807, 2.05) is 6.92 Å². The summed E-state index contributed by atoms with van der Waals surface area (Å²) in [5.74, 6) is 0.641. The maximum atomic E-state index is 11.1. The van der Waals surface area contributed by atoms with Crippen molar-refractivity contribution in [1.82, 2.24) is 10.2 Å². The first kappa shape index (κ1) is 12.8. The van der Waals surface area contributed by atoms with E-state index in [1.165, 1.54) is 32.4 Å². The second-order valence-corrected chi connectivity index (χ2v) is 6.07. The molecular formula is C13H24N2O2. The molecule has 98 valence electrons. The lowest BCUT2D eigenvalue weighted by Crippen LogP contribution is -2.44. The fourth-order valence-corrected chi connectivity index (χ4v) is 3.19. The van der Waals surface area contributed by atoms with Crippen LogP contribution in [0.3, 0.4) is 0 Å². The van der Waals surface area contributed by atoms with Gasteiger partial charge < -0.3 is 15.3 Å². The van der Waals surface area contributed by atoms with Crippen LogP contribution in [0.15, 0.2) is 0 Å². The molecule has 2 fully saturated rings. The Morgan fingerprint density at radius 2 is 2.06 bits per heavy atom. The van der Waals surface area contributed by atoms with Gasteiger partial charge in [0.2, 0.25) is 0 Å². The van der Waals surface area contributed by atoms with Crippen LogP contribution in [0.5, 0.6) is 0 Å². The predicted molar refractivity (Wildman–Crippen MR) is 67.0 cm³/mol. The molecule has 2 saturated heterocycles. The van der Waals surface area contributed by atoms with Crippen LogP contribution in [0.1, 0.15) is 32.6 Å². The Labute approximate surface area is 103 Å². The third kappa shape index (κ3) is 2.99. The van der Waals surface area contributed by atoms with Crippen molar-refractivity contribution in [2.45, 2.75) is 38.1 Å². The number of carboxylic acids is 1. The highest BCUT2D eigenvalue weighted by molar-refractivity contribution is 5.78. The molecule has 17 heavy (non-hydrogen) atoms. The van der Waals surface area contributed by atoms with Crippen LogP contribution in [-0.4, -0.2) is 48.2 Å². The van der Waals surface area contributed by atoms with E-state index in [1.54, 1.807) is 0 Å². The topological polar surface area (TPSA) is 52.6 Å². The van der Waals surface area contributed by atoms with Gasteiger partial charge in [0, 0.05) is 0 Å². The second kappa shape index (κ2) is 4.94. The lowest BCUT2D eigenvalue weighted by molar-refractivity contribution is -0.143. The van der Waals surface area contributed by atoms with Crippen molar-refractivity contribution in [3.63, 3.8) is 0 Å². The Balaban J connectivity index is 1.80. The number of likely N-dealkylation sites (tertiary alicyclic amines) is 1. The maximum absolute atomic E-state index is 11.1. The highest BCUT2D eigenvalue weighted by Crippen LogP contribution is 2.32. The Hall–Kier alpha value is -0.610. The minimum Gasteiger partial charge on any atom is -0.480 e. The number of hydrogen-bond donors (Lipinski definition) is 2. The Morgan fingerprint density at radius 1 is 1.41 bits per heavy atom. The van der Waals surface area contributed by atoms with E-state index in [-0.39, 0.29) is 0 Å². The summed E-state index contributed by atoms with van der Waals surface area (Å²) in [6.07, 6.45) is 4.53. The molecule has 2 N–H and O–H groups in total. The molecule has 2 unspecified atom stereocenters. The first-order chi connectivity index (χ1) is 7.99. The Bertz CT molecular complexity index is 287. The predicted octanol–water partition coefficient (Wildman–Crippen LogP) is 1.17. The second-order valence-electron chi connectivity index (χ2n) is 6.07. The highest BCUT2D eigenvalue weighted by atomic mass is 16.4. The number of aliphatic carboxylic acids is 1. The van der Waals surface area contributed by atoms with Crippen LogP contribution >= 0.6 is 0 Å². The number of nitrogens with zero attached hydrogens (tertiary/aromatic N) is 1. The van der Waals surface area contributed by atoms with Crippen molar-refractivity contribution in [1.29, 1.82) is 0 Å². The van der Waals surface area contributed by atoms with E-state index in [0.717, 1.165) is 18.9 Å². The summed E-state index contributed by atoms with van der Waals surface area (Å²) < 4.78 is 0. The minimum atomic E-state index is -0.705. The van der Waals surface area contributed by atoms with Crippen LogP contribution < -0.4 is 5.32 Å². The first-order valence-electron chi connectivity index (χ1n) is 6.66. The normalized spacial score (nSPS) is 36.2. The molecule has 0 aromatic heterocycles. The fourth-order valence-electron chi connectivity index (χ4n) is 3.19. The van der Waals surface area contributed by atoms with Crippen molar-refractivity contribution >= 4 is 5.97 Å². The first-order valence-corrected chi connectivity index (χ1v) is 6.66. The average Bonchev–Trinajstić information content (AvgIpc) is 2.65. The number of carboxylic acid groups (broad SMARTS) is 1. The molecule has 2 atom stereocenters. The van der Waals surface area contributed by atoms with Gasteiger partial charge in [0.15, 0.2) is 0 Å². The monoisotopic (exact) mass is 240 g/mol. The molecule has 0 aliphatic carbocycles. The highest BCUT2D eigenvalue weighted by Gasteiger charge is 2.41. The molecule has 0 radical (unpaired) electrons. The summed E-state index contributed by atoms with van der Waals surface area (Å²) in [4.78, 5) is 13.5. The zero-order valence-corrected chi connectivity index (χ0v) is 10.9. The largest absolute Gasteiger partial charge is 0.480 e. The lowest BCUT2D eigenvalue weighted by Gasteiger charge is -2.30. The molecule has 2 rings (SSSR count). The van der Waals surface area contributed by atoms with Crippen LogP contribution in [0, 0.1) is 11.8 Å².